The predicted molar refractivity (Wildman–Crippen MR) is 99.8 cm³/mol. The molecule has 0 radical (unpaired) electrons. The zero-order valence-electron chi connectivity index (χ0n) is 13.7. The van der Waals surface area contributed by atoms with Gasteiger partial charge < -0.3 is 10.2 Å². The van der Waals surface area contributed by atoms with E-state index in [1.165, 1.54) is 43.6 Å². The van der Waals surface area contributed by atoms with E-state index in [2.05, 4.69) is 10.2 Å². The topological polar surface area (TPSA) is 33.1 Å². The van der Waals surface area contributed by atoms with Crippen molar-refractivity contribution in [1.29, 1.82) is 0 Å². The number of hydrogen-bond acceptors (Lipinski definition) is 3. The van der Waals surface area contributed by atoms with Gasteiger partial charge >= 0.3 is 0 Å². The Bertz CT molecular complexity index is 735. The molecule has 6 heteroatoms. The number of piperidine rings is 1. The molecule has 2 aliphatic rings. The highest BCUT2D eigenvalue weighted by Gasteiger charge is 2.23. The quantitative estimate of drug-likeness (QED) is 0.883. The maximum absolute atomic E-state index is 6.18. The average molecular weight is 365 g/mol. The molecule has 2 aliphatic heterocycles. The van der Waals surface area contributed by atoms with Gasteiger partial charge in [0.2, 0.25) is 0 Å². The summed E-state index contributed by atoms with van der Waals surface area (Å²) in [4.78, 5) is 2.57. The Morgan fingerprint density at radius 1 is 1.08 bits per heavy atom. The second-order valence-electron chi connectivity index (χ2n) is 6.61. The van der Waals surface area contributed by atoms with Crippen molar-refractivity contribution in [2.45, 2.75) is 32.1 Å². The molecule has 4 nitrogen and oxygen atoms in total. The maximum Gasteiger partial charge on any atom is 0.133 e. The smallest absolute Gasteiger partial charge is 0.133 e. The molecule has 1 aromatic carbocycles. The summed E-state index contributed by atoms with van der Waals surface area (Å²) in [6.45, 7) is 4.54. The van der Waals surface area contributed by atoms with Gasteiger partial charge in [0.05, 0.1) is 21.4 Å². The number of likely N-dealkylation sites (tertiary alicyclic amines) is 1. The van der Waals surface area contributed by atoms with Crippen molar-refractivity contribution in [1.82, 2.24) is 14.7 Å². The minimum absolute atomic E-state index is 0.561. The maximum atomic E-state index is 6.18. The number of hydrogen-bond donors (Lipinski definition) is 1. The minimum Gasteiger partial charge on any atom is -0.369 e. The van der Waals surface area contributed by atoms with Crippen LogP contribution in [0.1, 0.15) is 30.5 Å². The molecule has 0 atom stereocenters. The van der Waals surface area contributed by atoms with Gasteiger partial charge in [-0.2, -0.15) is 5.10 Å². The normalized spacial score (nSPS) is 17.8. The molecule has 0 unspecified atom stereocenters. The van der Waals surface area contributed by atoms with Crippen LogP contribution in [0.2, 0.25) is 10.0 Å². The zero-order chi connectivity index (χ0) is 16.5. The number of rotatable bonds is 4. The fourth-order valence-electron chi connectivity index (χ4n) is 3.70. The van der Waals surface area contributed by atoms with Crippen LogP contribution in [-0.2, 0) is 12.8 Å². The van der Waals surface area contributed by atoms with Crippen LogP contribution in [0.5, 0.6) is 0 Å². The molecule has 128 valence electrons. The lowest BCUT2D eigenvalue weighted by Gasteiger charge is -2.26. The second kappa shape index (κ2) is 6.95. The Labute approximate surface area is 152 Å². The summed E-state index contributed by atoms with van der Waals surface area (Å²) in [5, 5.41) is 9.49. The van der Waals surface area contributed by atoms with Gasteiger partial charge in [0, 0.05) is 25.1 Å². The SMILES string of the molecule is Clc1ccc(-n2nc(CCN3CCCCC3)c3c2NCC3)cc1Cl. The van der Waals surface area contributed by atoms with E-state index < -0.39 is 0 Å². The first kappa shape index (κ1) is 16.2. The Hall–Kier alpha value is -1.23. The number of halogens is 2. The van der Waals surface area contributed by atoms with E-state index in [1.54, 1.807) is 0 Å². The highest BCUT2D eigenvalue weighted by molar-refractivity contribution is 6.42. The van der Waals surface area contributed by atoms with Gasteiger partial charge in [0.15, 0.2) is 0 Å². The fraction of sp³-hybridized carbons (Fsp3) is 0.500. The van der Waals surface area contributed by atoms with Crippen LogP contribution in [0.15, 0.2) is 18.2 Å². The van der Waals surface area contributed by atoms with E-state index in [-0.39, 0.29) is 0 Å². The third kappa shape index (κ3) is 3.15. The van der Waals surface area contributed by atoms with Crippen molar-refractivity contribution >= 4 is 29.0 Å². The summed E-state index contributed by atoms with van der Waals surface area (Å²) in [5.74, 6) is 1.11. The first-order valence-electron chi connectivity index (χ1n) is 8.75. The lowest BCUT2D eigenvalue weighted by atomic mass is 10.1. The summed E-state index contributed by atoms with van der Waals surface area (Å²) < 4.78 is 1.98. The van der Waals surface area contributed by atoms with Crippen LogP contribution < -0.4 is 5.32 Å². The molecule has 1 N–H and O–H groups in total. The number of aromatic nitrogens is 2. The Balaban J connectivity index is 1.58. The van der Waals surface area contributed by atoms with Crippen molar-refractivity contribution in [3.05, 3.63) is 39.5 Å². The standard InChI is InChI=1S/C18H22Cl2N4/c19-15-5-4-13(12-16(15)20)24-18-14(6-8-21-18)17(22-24)7-11-23-9-2-1-3-10-23/h4-5,12,21H,1-3,6-11H2. The molecule has 0 bridgehead atoms. The Morgan fingerprint density at radius 3 is 2.71 bits per heavy atom. The zero-order valence-corrected chi connectivity index (χ0v) is 15.2. The van der Waals surface area contributed by atoms with Gasteiger partial charge in [0.25, 0.3) is 0 Å². The van der Waals surface area contributed by atoms with E-state index in [9.17, 15) is 0 Å². The molecular weight excluding hydrogens is 343 g/mol. The van der Waals surface area contributed by atoms with Crippen LogP contribution in [0.25, 0.3) is 5.69 Å². The number of benzene rings is 1. The van der Waals surface area contributed by atoms with Gasteiger partial charge in [0.1, 0.15) is 5.82 Å². The predicted octanol–water partition coefficient (Wildman–Crippen LogP) is 4.18. The third-order valence-corrected chi connectivity index (χ3v) is 5.73. The Morgan fingerprint density at radius 2 is 1.92 bits per heavy atom. The highest BCUT2D eigenvalue weighted by Crippen LogP contribution is 2.31. The molecule has 2 aromatic rings. The van der Waals surface area contributed by atoms with E-state index in [0.29, 0.717) is 10.0 Å². The van der Waals surface area contributed by atoms with Crippen LogP contribution >= 0.6 is 23.2 Å². The summed E-state index contributed by atoms with van der Waals surface area (Å²) in [5.41, 5.74) is 3.53. The summed E-state index contributed by atoms with van der Waals surface area (Å²) in [6.07, 6.45) is 6.10. The third-order valence-electron chi connectivity index (χ3n) is 5.00. The number of anilines is 1. The molecule has 0 saturated carbocycles. The molecule has 0 amide bonds. The molecule has 1 aromatic heterocycles. The largest absolute Gasteiger partial charge is 0.369 e. The van der Waals surface area contributed by atoms with Gasteiger partial charge in [-0.1, -0.05) is 29.6 Å². The van der Waals surface area contributed by atoms with Gasteiger partial charge in [-0.25, -0.2) is 4.68 Å². The van der Waals surface area contributed by atoms with Crippen molar-refractivity contribution < 1.29 is 0 Å². The second-order valence-corrected chi connectivity index (χ2v) is 7.43. The molecule has 3 heterocycles. The molecule has 1 saturated heterocycles. The molecule has 4 rings (SSSR count). The van der Waals surface area contributed by atoms with Crippen molar-refractivity contribution in [2.75, 3.05) is 31.5 Å². The summed E-state index contributed by atoms with van der Waals surface area (Å²) in [7, 11) is 0. The highest BCUT2D eigenvalue weighted by atomic mass is 35.5. The van der Waals surface area contributed by atoms with Crippen molar-refractivity contribution in [3.8, 4) is 5.69 Å². The summed E-state index contributed by atoms with van der Waals surface area (Å²) in [6, 6.07) is 5.68. The lowest BCUT2D eigenvalue weighted by Crippen LogP contribution is -2.31. The van der Waals surface area contributed by atoms with Gasteiger partial charge in [-0.3, -0.25) is 0 Å². The van der Waals surface area contributed by atoms with E-state index in [0.717, 1.165) is 37.4 Å². The van der Waals surface area contributed by atoms with Crippen LogP contribution in [0.3, 0.4) is 0 Å². The average Bonchev–Trinajstić information content (AvgIpc) is 3.19. The van der Waals surface area contributed by atoms with E-state index in [1.807, 2.05) is 22.9 Å². The molecule has 0 aliphatic carbocycles. The van der Waals surface area contributed by atoms with E-state index >= 15 is 0 Å². The van der Waals surface area contributed by atoms with Crippen LogP contribution in [0, 0.1) is 0 Å². The van der Waals surface area contributed by atoms with Crippen molar-refractivity contribution in [3.63, 3.8) is 0 Å². The molecule has 0 spiro atoms. The van der Waals surface area contributed by atoms with Gasteiger partial charge in [-0.15, -0.1) is 0 Å². The monoisotopic (exact) mass is 364 g/mol. The van der Waals surface area contributed by atoms with Crippen LogP contribution in [-0.4, -0.2) is 40.9 Å². The molecule has 24 heavy (non-hydrogen) atoms. The minimum atomic E-state index is 0.561. The number of nitrogens with one attached hydrogen (secondary N) is 1. The van der Waals surface area contributed by atoms with Gasteiger partial charge in [-0.05, 0) is 50.6 Å². The van der Waals surface area contributed by atoms with E-state index in [4.69, 9.17) is 28.3 Å². The van der Waals surface area contributed by atoms with Crippen molar-refractivity contribution in [2.24, 2.45) is 0 Å². The number of nitrogens with zero attached hydrogens (tertiary/aromatic N) is 3. The first-order valence-corrected chi connectivity index (χ1v) is 9.50. The lowest BCUT2D eigenvalue weighted by molar-refractivity contribution is 0.230. The Kier molecular flexibility index (Phi) is 4.70. The number of fused-ring (bicyclic) bond motifs is 1. The molecule has 1 fully saturated rings. The van der Waals surface area contributed by atoms with Crippen LogP contribution in [0.4, 0.5) is 5.82 Å². The first-order chi connectivity index (χ1) is 11.7. The fourth-order valence-corrected chi connectivity index (χ4v) is 3.99. The summed E-state index contributed by atoms with van der Waals surface area (Å²) >= 11 is 12.2. The molecular formula is C18H22Cl2N4.